The van der Waals surface area contributed by atoms with E-state index in [4.69, 9.17) is 14.2 Å². The van der Waals surface area contributed by atoms with Crippen LogP contribution in [0.5, 0.6) is 0 Å². The van der Waals surface area contributed by atoms with Crippen molar-refractivity contribution >= 4 is 23.3 Å². The highest BCUT2D eigenvalue weighted by molar-refractivity contribution is 6.03. The fourth-order valence-electron chi connectivity index (χ4n) is 3.69. The number of rotatable bonds is 5. The zero-order valence-corrected chi connectivity index (χ0v) is 17.5. The zero-order chi connectivity index (χ0) is 21.0. The van der Waals surface area contributed by atoms with Gasteiger partial charge in [-0.25, -0.2) is 9.59 Å². The summed E-state index contributed by atoms with van der Waals surface area (Å²) < 4.78 is 15.2. The van der Waals surface area contributed by atoms with Crippen LogP contribution in [0.1, 0.15) is 13.8 Å². The number of carbonyl (C=O) groups is 2. The van der Waals surface area contributed by atoms with E-state index in [0.29, 0.717) is 6.04 Å². The number of carbonyl (C=O) groups excluding carboxylic acids is 2. The average molecular weight is 403 g/mol. The second kappa shape index (κ2) is 9.28. The Morgan fingerprint density at radius 3 is 2.07 bits per heavy atom. The van der Waals surface area contributed by atoms with E-state index in [9.17, 15) is 9.59 Å². The number of benzene rings is 1. The van der Waals surface area contributed by atoms with E-state index in [1.807, 2.05) is 24.3 Å². The molecule has 0 atom stereocenters. The van der Waals surface area contributed by atoms with Gasteiger partial charge in [-0.2, -0.15) is 0 Å². The van der Waals surface area contributed by atoms with E-state index in [0.717, 1.165) is 37.6 Å². The Bertz CT molecular complexity index is 767. The third-order valence-corrected chi connectivity index (χ3v) is 5.40. The summed E-state index contributed by atoms with van der Waals surface area (Å²) in [4.78, 5) is 31.0. The summed E-state index contributed by atoms with van der Waals surface area (Å²) in [6.45, 7) is 8.63. The maximum absolute atomic E-state index is 12.4. The molecule has 3 rings (SSSR count). The number of methoxy groups -OCH3 is 2. The lowest BCUT2D eigenvalue weighted by molar-refractivity contribution is -0.140. The molecule has 0 amide bonds. The fraction of sp³-hybridized carbons (Fsp3) is 0.524. The van der Waals surface area contributed by atoms with Gasteiger partial charge in [0.2, 0.25) is 0 Å². The molecule has 0 aromatic heterocycles. The Hall–Kier alpha value is -2.58. The molecule has 1 aromatic carbocycles. The lowest BCUT2D eigenvalue weighted by Crippen LogP contribution is -2.48. The third kappa shape index (κ3) is 4.54. The highest BCUT2D eigenvalue weighted by Gasteiger charge is 2.32. The highest BCUT2D eigenvalue weighted by Crippen LogP contribution is 2.29. The molecule has 2 heterocycles. The van der Waals surface area contributed by atoms with E-state index in [1.54, 1.807) is 4.90 Å². The number of hydrogen-bond acceptors (Lipinski definition) is 8. The first-order chi connectivity index (χ1) is 14.0. The van der Waals surface area contributed by atoms with Gasteiger partial charge in [0, 0.05) is 43.6 Å². The molecule has 1 saturated heterocycles. The summed E-state index contributed by atoms with van der Waals surface area (Å²) in [5.41, 5.74) is 2.19. The van der Waals surface area contributed by atoms with Crippen LogP contribution in [0, 0.1) is 0 Å². The molecule has 158 valence electrons. The fourth-order valence-corrected chi connectivity index (χ4v) is 3.69. The van der Waals surface area contributed by atoms with Gasteiger partial charge in [0.15, 0.2) is 0 Å². The number of nitrogens with zero attached hydrogens (tertiary/aromatic N) is 3. The minimum Gasteiger partial charge on any atom is -0.466 e. The van der Waals surface area contributed by atoms with Crippen molar-refractivity contribution in [2.45, 2.75) is 19.9 Å². The van der Waals surface area contributed by atoms with Crippen molar-refractivity contribution in [3.8, 4) is 0 Å². The largest absolute Gasteiger partial charge is 0.466 e. The summed E-state index contributed by atoms with van der Waals surface area (Å²) in [6.07, 6.45) is 0. The summed E-state index contributed by atoms with van der Waals surface area (Å²) >= 11 is 0. The zero-order valence-electron chi connectivity index (χ0n) is 17.5. The van der Waals surface area contributed by atoms with Crippen molar-refractivity contribution in [2.75, 3.05) is 63.5 Å². The van der Waals surface area contributed by atoms with Crippen LogP contribution < -0.4 is 9.80 Å². The van der Waals surface area contributed by atoms with Crippen molar-refractivity contribution in [3.05, 3.63) is 35.5 Å². The Labute approximate surface area is 171 Å². The molecule has 0 bridgehead atoms. The molecular formula is C21H29N3O5. The van der Waals surface area contributed by atoms with Gasteiger partial charge in [-0.1, -0.05) is 0 Å². The Morgan fingerprint density at radius 1 is 0.931 bits per heavy atom. The Morgan fingerprint density at radius 2 is 1.52 bits per heavy atom. The molecule has 0 N–H and O–H groups in total. The number of ether oxygens (including phenoxy) is 3. The van der Waals surface area contributed by atoms with Gasteiger partial charge in [-0.15, -0.1) is 0 Å². The molecule has 0 saturated carbocycles. The number of anilines is 2. The van der Waals surface area contributed by atoms with Gasteiger partial charge in [-0.05, 0) is 38.1 Å². The number of piperazine rings is 1. The van der Waals surface area contributed by atoms with Gasteiger partial charge in [0.25, 0.3) is 0 Å². The molecule has 29 heavy (non-hydrogen) atoms. The topological polar surface area (TPSA) is 71.6 Å². The second-order valence-corrected chi connectivity index (χ2v) is 7.35. The predicted octanol–water partition coefficient (Wildman–Crippen LogP) is 1.61. The van der Waals surface area contributed by atoms with Crippen molar-refractivity contribution < 1.29 is 23.8 Å². The minimum absolute atomic E-state index is 0.00577. The Balaban J connectivity index is 1.81. The van der Waals surface area contributed by atoms with Gasteiger partial charge in [-0.3, -0.25) is 4.90 Å². The van der Waals surface area contributed by atoms with E-state index < -0.39 is 11.9 Å². The molecule has 2 aliphatic rings. The first-order valence-electron chi connectivity index (χ1n) is 9.80. The van der Waals surface area contributed by atoms with Crippen molar-refractivity contribution in [3.63, 3.8) is 0 Å². The van der Waals surface area contributed by atoms with Gasteiger partial charge < -0.3 is 24.0 Å². The van der Waals surface area contributed by atoms with Crippen LogP contribution in [0.4, 0.5) is 11.4 Å². The number of esters is 2. The quantitative estimate of drug-likeness (QED) is 0.687. The van der Waals surface area contributed by atoms with Crippen molar-refractivity contribution in [1.82, 2.24) is 4.90 Å². The smallest absolute Gasteiger partial charge is 0.355 e. The van der Waals surface area contributed by atoms with Crippen LogP contribution in [0.25, 0.3) is 0 Å². The molecule has 0 unspecified atom stereocenters. The van der Waals surface area contributed by atoms with Crippen LogP contribution in [-0.4, -0.2) is 76.6 Å². The first kappa shape index (κ1) is 21.1. The summed E-state index contributed by atoms with van der Waals surface area (Å²) in [7, 11) is 2.56. The van der Waals surface area contributed by atoms with Crippen molar-refractivity contribution in [1.29, 1.82) is 0 Å². The maximum Gasteiger partial charge on any atom is 0.355 e. The molecule has 0 radical (unpaired) electrons. The molecule has 1 fully saturated rings. The standard InChI is InChI=1S/C21H29N3O5/c1-15(2)22-9-11-23(12-10-22)16-5-7-17(8-6-16)24-14-29-13-18(20(25)27-3)19(24)21(26)28-4/h5-8,15H,9-14H2,1-4H3. The van der Waals surface area contributed by atoms with Crippen LogP contribution in [-0.2, 0) is 23.8 Å². The SMILES string of the molecule is COC(=O)C1=C(C(=O)OC)N(c2ccc(N3CCN(C(C)C)CC3)cc2)COC1. The van der Waals surface area contributed by atoms with Crippen LogP contribution in [0.15, 0.2) is 35.5 Å². The lowest BCUT2D eigenvalue weighted by Gasteiger charge is -2.38. The minimum atomic E-state index is -0.602. The maximum atomic E-state index is 12.4. The molecule has 8 nitrogen and oxygen atoms in total. The van der Waals surface area contributed by atoms with E-state index >= 15 is 0 Å². The highest BCUT2D eigenvalue weighted by atomic mass is 16.5. The number of hydrogen-bond donors (Lipinski definition) is 0. The lowest BCUT2D eigenvalue weighted by atomic mass is 10.1. The predicted molar refractivity (Wildman–Crippen MR) is 110 cm³/mol. The molecule has 1 aromatic rings. The van der Waals surface area contributed by atoms with Gasteiger partial charge in [0.05, 0.1) is 26.4 Å². The normalized spacial score (nSPS) is 18.2. The molecular weight excluding hydrogens is 374 g/mol. The first-order valence-corrected chi connectivity index (χ1v) is 9.80. The van der Waals surface area contributed by atoms with Crippen LogP contribution in [0.2, 0.25) is 0 Å². The van der Waals surface area contributed by atoms with Crippen molar-refractivity contribution in [2.24, 2.45) is 0 Å². The molecule has 0 spiro atoms. The summed E-state index contributed by atoms with van der Waals surface area (Å²) in [6, 6.07) is 8.47. The average Bonchev–Trinajstić information content (AvgIpc) is 2.77. The molecule has 2 aliphatic heterocycles. The monoisotopic (exact) mass is 403 g/mol. The second-order valence-electron chi connectivity index (χ2n) is 7.35. The van der Waals surface area contributed by atoms with E-state index in [2.05, 4.69) is 23.6 Å². The van der Waals surface area contributed by atoms with E-state index in [-0.39, 0.29) is 24.6 Å². The van der Waals surface area contributed by atoms with Gasteiger partial charge in [0.1, 0.15) is 12.4 Å². The summed E-state index contributed by atoms with van der Waals surface area (Å²) in [5, 5.41) is 0. The van der Waals surface area contributed by atoms with Gasteiger partial charge >= 0.3 is 11.9 Å². The Kier molecular flexibility index (Phi) is 6.76. The third-order valence-electron chi connectivity index (χ3n) is 5.40. The molecule has 0 aliphatic carbocycles. The van der Waals surface area contributed by atoms with E-state index in [1.165, 1.54) is 14.2 Å². The molecule has 8 heteroatoms. The van der Waals surface area contributed by atoms with Crippen LogP contribution in [0.3, 0.4) is 0 Å². The summed E-state index contributed by atoms with van der Waals surface area (Å²) in [5.74, 6) is -1.20. The van der Waals surface area contributed by atoms with Crippen LogP contribution >= 0.6 is 0 Å².